The lowest BCUT2D eigenvalue weighted by molar-refractivity contribution is -0.116. The standard InChI is InChI=1S/C16H25NO4/c1-3-13(2)20-11-4-5-16(19)17-14-6-8-15(9-7-14)21-12-10-18/h6-9,13,18H,3-5,10-12H2,1-2H3,(H,17,19). The number of anilines is 1. The molecule has 1 amide bonds. The molecule has 1 atom stereocenters. The lowest BCUT2D eigenvalue weighted by atomic mass is 10.2. The van der Waals surface area contributed by atoms with E-state index in [0.29, 0.717) is 25.2 Å². The summed E-state index contributed by atoms with van der Waals surface area (Å²) in [7, 11) is 0. The Hall–Kier alpha value is -1.59. The van der Waals surface area contributed by atoms with E-state index in [0.717, 1.165) is 12.1 Å². The maximum atomic E-state index is 11.8. The fourth-order valence-electron chi connectivity index (χ4n) is 1.66. The molecule has 0 aliphatic carbocycles. The highest BCUT2D eigenvalue weighted by Gasteiger charge is 2.04. The van der Waals surface area contributed by atoms with Crippen LogP contribution in [0.25, 0.3) is 0 Å². The Labute approximate surface area is 126 Å². The van der Waals surface area contributed by atoms with Gasteiger partial charge < -0.3 is 19.9 Å². The molecule has 0 aliphatic heterocycles. The van der Waals surface area contributed by atoms with Gasteiger partial charge in [0.25, 0.3) is 0 Å². The Morgan fingerprint density at radius 1 is 1.29 bits per heavy atom. The molecule has 0 radical (unpaired) electrons. The molecule has 2 N–H and O–H groups in total. The lowest BCUT2D eigenvalue weighted by Gasteiger charge is -2.10. The summed E-state index contributed by atoms with van der Waals surface area (Å²) in [5.41, 5.74) is 0.735. The number of rotatable bonds is 10. The first-order valence-electron chi connectivity index (χ1n) is 7.41. The minimum atomic E-state index is -0.0215. The van der Waals surface area contributed by atoms with Crippen molar-refractivity contribution in [3.63, 3.8) is 0 Å². The number of aliphatic hydroxyl groups is 1. The second kappa shape index (κ2) is 10.2. The van der Waals surface area contributed by atoms with E-state index in [1.54, 1.807) is 24.3 Å². The second-order valence-corrected chi connectivity index (χ2v) is 4.84. The Morgan fingerprint density at radius 3 is 2.62 bits per heavy atom. The van der Waals surface area contributed by atoms with Gasteiger partial charge in [-0.15, -0.1) is 0 Å². The number of carbonyl (C=O) groups is 1. The molecule has 5 heteroatoms. The van der Waals surface area contributed by atoms with Crippen molar-refractivity contribution in [3.8, 4) is 5.75 Å². The average molecular weight is 295 g/mol. The van der Waals surface area contributed by atoms with Gasteiger partial charge in [-0.1, -0.05) is 6.92 Å². The van der Waals surface area contributed by atoms with E-state index in [1.807, 2.05) is 6.92 Å². The second-order valence-electron chi connectivity index (χ2n) is 4.84. The van der Waals surface area contributed by atoms with Gasteiger partial charge in [0.2, 0.25) is 5.91 Å². The summed E-state index contributed by atoms with van der Waals surface area (Å²) in [5.74, 6) is 0.649. The summed E-state index contributed by atoms with van der Waals surface area (Å²) in [6, 6.07) is 7.08. The van der Waals surface area contributed by atoms with Crippen LogP contribution in [-0.4, -0.2) is 36.9 Å². The number of benzene rings is 1. The molecule has 0 bridgehead atoms. The quantitative estimate of drug-likeness (QED) is 0.651. The average Bonchev–Trinajstić information content (AvgIpc) is 2.50. The first kappa shape index (κ1) is 17.5. The topological polar surface area (TPSA) is 67.8 Å². The van der Waals surface area contributed by atoms with E-state index in [1.165, 1.54) is 0 Å². The third kappa shape index (κ3) is 7.68. The van der Waals surface area contributed by atoms with E-state index >= 15 is 0 Å². The molecular weight excluding hydrogens is 270 g/mol. The SMILES string of the molecule is CCC(C)OCCCC(=O)Nc1ccc(OCCO)cc1. The molecule has 0 fully saturated rings. The third-order valence-electron chi connectivity index (χ3n) is 3.02. The van der Waals surface area contributed by atoms with Crippen LogP contribution >= 0.6 is 0 Å². The van der Waals surface area contributed by atoms with Crippen molar-refractivity contribution in [2.24, 2.45) is 0 Å². The summed E-state index contributed by atoms with van der Waals surface area (Å²) >= 11 is 0. The molecular formula is C16H25NO4. The van der Waals surface area contributed by atoms with Gasteiger partial charge in [0.1, 0.15) is 12.4 Å². The Morgan fingerprint density at radius 2 is 2.00 bits per heavy atom. The Balaban J connectivity index is 2.24. The molecule has 0 aromatic heterocycles. The van der Waals surface area contributed by atoms with Crippen LogP contribution in [0.4, 0.5) is 5.69 Å². The van der Waals surface area contributed by atoms with Gasteiger partial charge in [-0.3, -0.25) is 4.79 Å². The first-order chi connectivity index (χ1) is 10.2. The zero-order chi connectivity index (χ0) is 15.5. The third-order valence-corrected chi connectivity index (χ3v) is 3.02. The molecule has 5 nitrogen and oxygen atoms in total. The van der Waals surface area contributed by atoms with E-state index in [4.69, 9.17) is 14.6 Å². The van der Waals surface area contributed by atoms with Gasteiger partial charge in [0.05, 0.1) is 12.7 Å². The molecule has 1 unspecified atom stereocenters. The summed E-state index contributed by atoms with van der Waals surface area (Å²) in [6.07, 6.45) is 2.39. The largest absolute Gasteiger partial charge is 0.491 e. The molecule has 0 saturated heterocycles. The minimum absolute atomic E-state index is 0.0167. The van der Waals surface area contributed by atoms with Crippen molar-refractivity contribution < 1.29 is 19.4 Å². The fourth-order valence-corrected chi connectivity index (χ4v) is 1.66. The molecule has 0 saturated carbocycles. The molecule has 21 heavy (non-hydrogen) atoms. The van der Waals surface area contributed by atoms with Crippen molar-refractivity contribution in [1.29, 1.82) is 0 Å². The highest BCUT2D eigenvalue weighted by molar-refractivity contribution is 5.90. The van der Waals surface area contributed by atoms with Crippen LogP contribution in [0.1, 0.15) is 33.1 Å². The van der Waals surface area contributed by atoms with Crippen LogP contribution in [0.2, 0.25) is 0 Å². The minimum Gasteiger partial charge on any atom is -0.491 e. The number of aliphatic hydroxyl groups excluding tert-OH is 1. The van der Waals surface area contributed by atoms with E-state index in [2.05, 4.69) is 12.2 Å². The van der Waals surface area contributed by atoms with Crippen molar-refractivity contribution in [1.82, 2.24) is 0 Å². The first-order valence-corrected chi connectivity index (χ1v) is 7.41. The van der Waals surface area contributed by atoms with Crippen LogP contribution in [0.5, 0.6) is 5.75 Å². The molecule has 0 spiro atoms. The smallest absolute Gasteiger partial charge is 0.224 e. The maximum Gasteiger partial charge on any atom is 0.224 e. The summed E-state index contributed by atoms with van der Waals surface area (Å²) < 4.78 is 10.8. The molecule has 1 aromatic carbocycles. The van der Waals surface area contributed by atoms with Gasteiger partial charge in [-0.25, -0.2) is 0 Å². The maximum absolute atomic E-state index is 11.8. The van der Waals surface area contributed by atoms with Crippen LogP contribution in [0, 0.1) is 0 Å². The Kier molecular flexibility index (Phi) is 8.47. The van der Waals surface area contributed by atoms with Crippen molar-refractivity contribution in [2.45, 2.75) is 39.2 Å². The number of hydrogen-bond donors (Lipinski definition) is 2. The normalized spacial score (nSPS) is 12.0. The number of nitrogens with one attached hydrogen (secondary N) is 1. The zero-order valence-corrected chi connectivity index (χ0v) is 12.8. The van der Waals surface area contributed by atoms with Crippen molar-refractivity contribution in [2.75, 3.05) is 25.1 Å². The molecule has 1 aromatic rings. The summed E-state index contributed by atoms with van der Waals surface area (Å²) in [4.78, 5) is 11.8. The molecule has 0 aliphatic rings. The van der Waals surface area contributed by atoms with Crippen molar-refractivity contribution in [3.05, 3.63) is 24.3 Å². The van der Waals surface area contributed by atoms with Gasteiger partial charge in [0, 0.05) is 18.7 Å². The number of carbonyl (C=O) groups excluding carboxylic acids is 1. The van der Waals surface area contributed by atoms with Crippen LogP contribution in [0.3, 0.4) is 0 Å². The molecule has 1 rings (SSSR count). The van der Waals surface area contributed by atoms with Crippen molar-refractivity contribution >= 4 is 11.6 Å². The highest BCUT2D eigenvalue weighted by Crippen LogP contribution is 2.15. The monoisotopic (exact) mass is 295 g/mol. The van der Waals surface area contributed by atoms with E-state index in [9.17, 15) is 4.79 Å². The van der Waals surface area contributed by atoms with E-state index < -0.39 is 0 Å². The Bertz CT molecular complexity index is 405. The fraction of sp³-hybridized carbons (Fsp3) is 0.562. The van der Waals surface area contributed by atoms with Gasteiger partial charge >= 0.3 is 0 Å². The van der Waals surface area contributed by atoms with Gasteiger partial charge in [0.15, 0.2) is 0 Å². The lowest BCUT2D eigenvalue weighted by Crippen LogP contribution is -2.14. The summed E-state index contributed by atoms with van der Waals surface area (Å²) in [6.45, 7) is 4.96. The number of ether oxygens (including phenoxy) is 2. The van der Waals surface area contributed by atoms with Crippen LogP contribution < -0.4 is 10.1 Å². The predicted octanol–water partition coefficient (Wildman–Crippen LogP) is 2.59. The summed E-state index contributed by atoms with van der Waals surface area (Å²) in [5, 5.41) is 11.5. The number of hydrogen-bond acceptors (Lipinski definition) is 4. The zero-order valence-electron chi connectivity index (χ0n) is 12.8. The molecule has 118 valence electrons. The number of amides is 1. The van der Waals surface area contributed by atoms with Gasteiger partial charge in [-0.2, -0.15) is 0 Å². The highest BCUT2D eigenvalue weighted by atomic mass is 16.5. The van der Waals surface area contributed by atoms with Crippen LogP contribution in [0.15, 0.2) is 24.3 Å². The van der Waals surface area contributed by atoms with Gasteiger partial charge in [-0.05, 0) is 44.0 Å². The van der Waals surface area contributed by atoms with Crippen LogP contribution in [-0.2, 0) is 9.53 Å². The van der Waals surface area contributed by atoms with E-state index in [-0.39, 0.29) is 25.2 Å². The predicted molar refractivity (Wildman–Crippen MR) is 82.6 cm³/mol. The molecule has 0 heterocycles.